The largest absolute Gasteiger partial charge is 0.329 e. The predicted octanol–water partition coefficient (Wildman–Crippen LogP) is 3.12. The third-order valence-corrected chi connectivity index (χ3v) is 7.56. The second-order valence-electron chi connectivity index (χ2n) is 10.2. The lowest BCUT2D eigenvalue weighted by molar-refractivity contribution is -0.116. The van der Waals surface area contributed by atoms with Crippen LogP contribution in [-0.2, 0) is 9.63 Å². The quantitative estimate of drug-likeness (QED) is 0.384. The lowest BCUT2D eigenvalue weighted by Gasteiger charge is -2.39. The fourth-order valence-electron chi connectivity index (χ4n) is 5.50. The van der Waals surface area contributed by atoms with Gasteiger partial charge in [-0.2, -0.15) is 0 Å². The molecule has 2 saturated heterocycles. The first-order chi connectivity index (χ1) is 16.5. The SMILES string of the molecule is CONCCC(=O)Nc1cnc2c(c1)c(C1CC1)cn2C1CCN(CC2(F)CCNCC2)CC1. The number of hydrogen-bond acceptors (Lipinski definition) is 6. The summed E-state index contributed by atoms with van der Waals surface area (Å²) in [6, 6.07) is 2.45. The number of nitrogens with one attached hydrogen (secondary N) is 3. The number of fused-ring (bicyclic) bond motifs is 1. The monoisotopic (exact) mass is 472 g/mol. The minimum absolute atomic E-state index is 0.0649. The topological polar surface area (TPSA) is 83.5 Å². The highest BCUT2D eigenvalue weighted by Gasteiger charge is 2.35. The molecule has 8 nitrogen and oxygen atoms in total. The maximum Gasteiger partial charge on any atom is 0.225 e. The van der Waals surface area contributed by atoms with Crippen LogP contribution in [0.1, 0.15) is 62.5 Å². The van der Waals surface area contributed by atoms with Crippen LogP contribution < -0.4 is 16.1 Å². The van der Waals surface area contributed by atoms with Gasteiger partial charge >= 0.3 is 0 Å². The summed E-state index contributed by atoms with van der Waals surface area (Å²) < 4.78 is 17.5. The Kier molecular flexibility index (Phi) is 7.15. The molecule has 0 spiro atoms. The third kappa shape index (κ3) is 5.43. The van der Waals surface area contributed by atoms with Gasteiger partial charge in [0, 0.05) is 50.2 Å². The molecule has 3 fully saturated rings. The Morgan fingerprint density at radius 1 is 1.26 bits per heavy atom. The Morgan fingerprint density at radius 2 is 2.03 bits per heavy atom. The molecule has 2 aromatic heterocycles. The Bertz CT molecular complexity index is 993. The molecular weight excluding hydrogens is 435 g/mol. The van der Waals surface area contributed by atoms with Crippen molar-refractivity contribution in [2.75, 3.05) is 51.7 Å². The van der Waals surface area contributed by atoms with Gasteiger partial charge in [-0.25, -0.2) is 14.9 Å². The predicted molar refractivity (Wildman–Crippen MR) is 131 cm³/mol. The average molecular weight is 473 g/mol. The van der Waals surface area contributed by atoms with Crippen LogP contribution in [0.5, 0.6) is 0 Å². The summed E-state index contributed by atoms with van der Waals surface area (Å²) in [5, 5.41) is 7.38. The van der Waals surface area contributed by atoms with Gasteiger partial charge in [0.25, 0.3) is 0 Å². The van der Waals surface area contributed by atoms with E-state index in [2.05, 4.69) is 37.8 Å². The molecule has 1 saturated carbocycles. The van der Waals surface area contributed by atoms with Gasteiger partial charge in [0.1, 0.15) is 11.3 Å². The fraction of sp³-hybridized carbons (Fsp3) is 0.680. The molecule has 2 aliphatic heterocycles. The zero-order valence-corrected chi connectivity index (χ0v) is 20.1. The van der Waals surface area contributed by atoms with Crippen molar-refractivity contribution in [2.24, 2.45) is 0 Å². The number of alkyl halides is 1. The second kappa shape index (κ2) is 10.3. The molecule has 186 valence electrons. The van der Waals surface area contributed by atoms with E-state index < -0.39 is 5.67 Å². The van der Waals surface area contributed by atoms with Crippen LogP contribution in [0.3, 0.4) is 0 Å². The zero-order valence-electron chi connectivity index (χ0n) is 20.1. The Morgan fingerprint density at radius 3 is 2.74 bits per heavy atom. The van der Waals surface area contributed by atoms with Crippen LogP contribution in [0.2, 0.25) is 0 Å². The van der Waals surface area contributed by atoms with Crippen LogP contribution >= 0.6 is 0 Å². The van der Waals surface area contributed by atoms with Crippen molar-refractivity contribution in [1.29, 1.82) is 0 Å². The molecule has 0 unspecified atom stereocenters. The van der Waals surface area contributed by atoms with Crippen molar-refractivity contribution in [3.63, 3.8) is 0 Å². The van der Waals surface area contributed by atoms with Crippen molar-refractivity contribution >= 4 is 22.6 Å². The van der Waals surface area contributed by atoms with Crippen molar-refractivity contribution in [2.45, 2.75) is 62.6 Å². The van der Waals surface area contributed by atoms with Crippen LogP contribution in [0, 0.1) is 0 Å². The van der Waals surface area contributed by atoms with E-state index in [0.29, 0.717) is 44.3 Å². The maximum absolute atomic E-state index is 15.2. The van der Waals surface area contributed by atoms with E-state index in [1.54, 1.807) is 6.20 Å². The summed E-state index contributed by atoms with van der Waals surface area (Å²) in [6.45, 7) is 4.43. The Balaban J connectivity index is 1.27. The summed E-state index contributed by atoms with van der Waals surface area (Å²) in [7, 11) is 1.54. The van der Waals surface area contributed by atoms with Gasteiger partial charge in [-0.15, -0.1) is 0 Å². The Labute approximate surface area is 200 Å². The highest BCUT2D eigenvalue weighted by molar-refractivity contribution is 5.93. The number of likely N-dealkylation sites (tertiary alicyclic amines) is 1. The van der Waals surface area contributed by atoms with E-state index in [4.69, 9.17) is 9.82 Å². The molecule has 0 atom stereocenters. The maximum atomic E-state index is 15.2. The fourth-order valence-corrected chi connectivity index (χ4v) is 5.50. The average Bonchev–Trinajstić information content (AvgIpc) is 3.61. The molecule has 3 aliphatic rings. The molecule has 0 radical (unpaired) electrons. The molecule has 9 heteroatoms. The van der Waals surface area contributed by atoms with Crippen molar-refractivity contribution < 1.29 is 14.0 Å². The van der Waals surface area contributed by atoms with E-state index in [-0.39, 0.29) is 5.91 Å². The number of rotatable bonds is 9. The smallest absolute Gasteiger partial charge is 0.225 e. The molecule has 0 aromatic carbocycles. The Hall–Kier alpha value is -2.07. The number of nitrogens with zero attached hydrogens (tertiary/aromatic N) is 3. The van der Waals surface area contributed by atoms with E-state index in [9.17, 15) is 4.79 Å². The van der Waals surface area contributed by atoms with Gasteiger partial charge in [-0.05, 0) is 69.2 Å². The number of hydroxylamine groups is 1. The van der Waals surface area contributed by atoms with Gasteiger partial charge < -0.3 is 24.9 Å². The van der Waals surface area contributed by atoms with Crippen LogP contribution in [0.4, 0.5) is 10.1 Å². The van der Waals surface area contributed by atoms with Crippen molar-refractivity contribution in [1.82, 2.24) is 25.2 Å². The van der Waals surface area contributed by atoms with Gasteiger partial charge in [-0.1, -0.05) is 0 Å². The number of amides is 1. The lowest BCUT2D eigenvalue weighted by atomic mass is 9.92. The molecule has 2 aromatic rings. The standard InChI is InChI=1S/C25H37FN6O2/c1-34-29-9-4-23(33)30-19-14-21-22(18-2-3-18)16-32(24(21)28-15-19)20-5-12-31(13-6-20)17-25(26)7-10-27-11-8-25/h14-16,18,20,27,29H,2-13,17H2,1H3,(H,30,33). The lowest BCUT2D eigenvalue weighted by Crippen LogP contribution is -2.48. The number of piperidine rings is 2. The number of carbonyl (C=O) groups excluding carboxylic acids is 1. The second-order valence-corrected chi connectivity index (χ2v) is 10.2. The van der Waals surface area contributed by atoms with Crippen molar-refractivity contribution in [3.8, 4) is 0 Å². The van der Waals surface area contributed by atoms with Crippen LogP contribution in [0.15, 0.2) is 18.5 Å². The summed E-state index contributed by atoms with van der Waals surface area (Å²) >= 11 is 0. The number of carbonyl (C=O) groups is 1. The molecular formula is C25H37FN6O2. The van der Waals surface area contributed by atoms with E-state index >= 15 is 4.39 Å². The highest BCUT2D eigenvalue weighted by atomic mass is 19.1. The molecule has 0 bridgehead atoms. The molecule has 1 amide bonds. The van der Waals surface area contributed by atoms with E-state index in [0.717, 1.165) is 55.7 Å². The number of anilines is 1. The molecule has 3 N–H and O–H groups in total. The molecule has 4 heterocycles. The van der Waals surface area contributed by atoms with E-state index in [1.807, 2.05) is 0 Å². The van der Waals surface area contributed by atoms with Crippen LogP contribution in [-0.4, -0.2) is 72.4 Å². The van der Waals surface area contributed by atoms with Gasteiger partial charge in [0.05, 0.1) is 19.0 Å². The first-order valence-corrected chi connectivity index (χ1v) is 12.7. The first kappa shape index (κ1) is 23.7. The third-order valence-electron chi connectivity index (χ3n) is 7.56. The summed E-state index contributed by atoms with van der Waals surface area (Å²) in [4.78, 5) is 24.1. The number of hydrogen-bond donors (Lipinski definition) is 3. The van der Waals surface area contributed by atoms with Gasteiger partial charge in [0.2, 0.25) is 5.91 Å². The zero-order chi connectivity index (χ0) is 23.5. The normalized spacial score (nSPS) is 21.7. The minimum Gasteiger partial charge on any atom is -0.329 e. The molecule has 34 heavy (non-hydrogen) atoms. The number of aromatic nitrogens is 2. The van der Waals surface area contributed by atoms with Gasteiger partial charge in [-0.3, -0.25) is 4.79 Å². The molecule has 1 aliphatic carbocycles. The van der Waals surface area contributed by atoms with Crippen LogP contribution in [0.25, 0.3) is 11.0 Å². The van der Waals surface area contributed by atoms with E-state index in [1.165, 1.54) is 25.5 Å². The minimum atomic E-state index is -1.04. The summed E-state index contributed by atoms with van der Waals surface area (Å²) in [6.07, 6.45) is 10.1. The summed E-state index contributed by atoms with van der Waals surface area (Å²) in [5.41, 5.74) is 4.73. The first-order valence-electron chi connectivity index (χ1n) is 12.7. The van der Waals surface area contributed by atoms with Crippen molar-refractivity contribution in [3.05, 3.63) is 24.0 Å². The van der Waals surface area contributed by atoms with Gasteiger partial charge in [0.15, 0.2) is 0 Å². The number of halogens is 1. The highest BCUT2D eigenvalue weighted by Crippen LogP contribution is 2.45. The number of pyridine rings is 1. The summed E-state index contributed by atoms with van der Waals surface area (Å²) in [5.74, 6) is 0.527. The molecule has 5 rings (SSSR count).